The minimum absolute atomic E-state index is 0.422. The number of fused-ring (bicyclic) bond motifs is 1. The third kappa shape index (κ3) is 2.28. The van der Waals surface area contributed by atoms with Gasteiger partial charge in [-0.3, -0.25) is 0 Å². The molecule has 90 valence electrons. The Kier molecular flexibility index (Phi) is 2.98. The summed E-state index contributed by atoms with van der Waals surface area (Å²) in [6.45, 7) is 1.63. The van der Waals surface area contributed by atoms with Crippen molar-refractivity contribution in [2.45, 2.75) is 18.9 Å². The average molecular weight is 297 g/mol. The molecule has 0 unspecified atom stereocenters. The summed E-state index contributed by atoms with van der Waals surface area (Å²) in [5, 5.41) is 3.45. The van der Waals surface area contributed by atoms with E-state index in [9.17, 15) is 0 Å². The maximum absolute atomic E-state index is 5.34. The molecule has 1 N–H and O–H groups in total. The minimum Gasteiger partial charge on any atom is -0.381 e. The third-order valence-electron chi connectivity index (χ3n) is 2.91. The van der Waals surface area contributed by atoms with Gasteiger partial charge in [0.2, 0.25) is 0 Å². The smallest absolute Gasteiger partial charge is 0.180 e. The SMILES string of the molecule is Brc1cn2ccnc2c(NC2CCOCC2)n1. The van der Waals surface area contributed by atoms with Crippen LogP contribution in [0.25, 0.3) is 5.65 Å². The lowest BCUT2D eigenvalue weighted by atomic mass is 10.1. The van der Waals surface area contributed by atoms with E-state index in [1.807, 2.05) is 16.8 Å². The van der Waals surface area contributed by atoms with Crippen LogP contribution in [0.2, 0.25) is 0 Å². The molecule has 0 radical (unpaired) electrons. The van der Waals surface area contributed by atoms with Crippen molar-refractivity contribution >= 4 is 27.4 Å². The van der Waals surface area contributed by atoms with Gasteiger partial charge in [-0.1, -0.05) is 0 Å². The van der Waals surface area contributed by atoms with Crippen molar-refractivity contribution in [3.8, 4) is 0 Å². The van der Waals surface area contributed by atoms with E-state index < -0.39 is 0 Å². The van der Waals surface area contributed by atoms with Crippen LogP contribution in [0.15, 0.2) is 23.2 Å². The van der Waals surface area contributed by atoms with E-state index in [0.29, 0.717) is 6.04 Å². The Hall–Kier alpha value is -1.14. The molecular weight excluding hydrogens is 284 g/mol. The molecule has 1 aliphatic rings. The Morgan fingerprint density at radius 3 is 3.06 bits per heavy atom. The van der Waals surface area contributed by atoms with Crippen molar-refractivity contribution in [3.05, 3.63) is 23.2 Å². The molecular formula is C11H13BrN4O. The van der Waals surface area contributed by atoms with Crippen LogP contribution in [0, 0.1) is 0 Å². The molecule has 0 saturated carbocycles. The zero-order valence-electron chi connectivity index (χ0n) is 9.27. The van der Waals surface area contributed by atoms with Crippen molar-refractivity contribution in [2.24, 2.45) is 0 Å². The predicted octanol–water partition coefficient (Wildman–Crippen LogP) is 2.08. The first-order valence-corrected chi connectivity index (χ1v) is 6.46. The fourth-order valence-corrected chi connectivity index (χ4v) is 2.43. The molecule has 0 atom stereocenters. The Bertz CT molecular complexity index is 521. The van der Waals surface area contributed by atoms with Gasteiger partial charge >= 0.3 is 0 Å². The van der Waals surface area contributed by atoms with Crippen molar-refractivity contribution in [1.82, 2.24) is 14.4 Å². The first-order valence-electron chi connectivity index (χ1n) is 5.66. The fraction of sp³-hybridized carbons (Fsp3) is 0.455. The van der Waals surface area contributed by atoms with Crippen LogP contribution in [0.4, 0.5) is 5.82 Å². The number of ether oxygens (including phenoxy) is 1. The maximum atomic E-state index is 5.34. The van der Waals surface area contributed by atoms with Crippen molar-refractivity contribution in [3.63, 3.8) is 0 Å². The molecule has 1 aliphatic heterocycles. The topological polar surface area (TPSA) is 51.5 Å². The first kappa shape index (κ1) is 11.0. The number of hydrogen-bond donors (Lipinski definition) is 1. The summed E-state index contributed by atoms with van der Waals surface area (Å²) in [5.41, 5.74) is 0.861. The monoisotopic (exact) mass is 296 g/mol. The van der Waals surface area contributed by atoms with E-state index in [1.54, 1.807) is 6.20 Å². The number of anilines is 1. The van der Waals surface area contributed by atoms with Gasteiger partial charge in [-0.25, -0.2) is 9.97 Å². The second-order valence-electron chi connectivity index (χ2n) is 4.10. The van der Waals surface area contributed by atoms with Crippen molar-refractivity contribution in [1.29, 1.82) is 0 Å². The van der Waals surface area contributed by atoms with Gasteiger partial charge in [0.05, 0.1) is 0 Å². The van der Waals surface area contributed by atoms with E-state index in [1.165, 1.54) is 0 Å². The van der Waals surface area contributed by atoms with Crippen LogP contribution in [0.1, 0.15) is 12.8 Å². The molecule has 5 nitrogen and oxygen atoms in total. The molecule has 1 fully saturated rings. The van der Waals surface area contributed by atoms with Gasteiger partial charge in [0.15, 0.2) is 11.5 Å². The molecule has 0 aliphatic carbocycles. The zero-order valence-corrected chi connectivity index (χ0v) is 10.9. The van der Waals surface area contributed by atoms with Crippen LogP contribution in [-0.4, -0.2) is 33.6 Å². The lowest BCUT2D eigenvalue weighted by molar-refractivity contribution is 0.0904. The number of aromatic nitrogens is 3. The van der Waals surface area contributed by atoms with E-state index in [-0.39, 0.29) is 0 Å². The van der Waals surface area contributed by atoms with Crippen LogP contribution in [0.3, 0.4) is 0 Å². The maximum Gasteiger partial charge on any atom is 0.180 e. The normalized spacial score (nSPS) is 17.5. The molecule has 0 amide bonds. The molecule has 6 heteroatoms. The summed E-state index contributed by atoms with van der Waals surface area (Å²) in [6.07, 6.45) is 7.62. The lowest BCUT2D eigenvalue weighted by Crippen LogP contribution is -2.28. The average Bonchev–Trinajstić information content (AvgIpc) is 2.78. The summed E-state index contributed by atoms with van der Waals surface area (Å²) >= 11 is 3.41. The van der Waals surface area contributed by atoms with Crippen LogP contribution in [0.5, 0.6) is 0 Å². The minimum atomic E-state index is 0.422. The van der Waals surface area contributed by atoms with E-state index in [0.717, 1.165) is 42.1 Å². The molecule has 2 aromatic rings. The second kappa shape index (κ2) is 4.62. The highest BCUT2D eigenvalue weighted by Crippen LogP contribution is 2.20. The highest BCUT2D eigenvalue weighted by Gasteiger charge is 2.16. The quantitative estimate of drug-likeness (QED) is 0.922. The van der Waals surface area contributed by atoms with Gasteiger partial charge in [0.25, 0.3) is 0 Å². The highest BCUT2D eigenvalue weighted by molar-refractivity contribution is 9.10. The molecule has 17 heavy (non-hydrogen) atoms. The lowest BCUT2D eigenvalue weighted by Gasteiger charge is -2.23. The Morgan fingerprint density at radius 2 is 2.24 bits per heavy atom. The summed E-state index contributed by atoms with van der Waals surface area (Å²) in [7, 11) is 0. The van der Waals surface area contributed by atoms with E-state index in [4.69, 9.17) is 4.74 Å². The first-order chi connectivity index (χ1) is 8.33. The van der Waals surface area contributed by atoms with Crippen molar-refractivity contribution < 1.29 is 4.74 Å². The van der Waals surface area contributed by atoms with Gasteiger partial charge in [-0.05, 0) is 28.8 Å². The number of nitrogens with one attached hydrogen (secondary N) is 1. The molecule has 3 rings (SSSR count). The van der Waals surface area contributed by atoms with Gasteiger partial charge < -0.3 is 14.5 Å². The van der Waals surface area contributed by atoms with Crippen LogP contribution < -0.4 is 5.32 Å². The second-order valence-corrected chi connectivity index (χ2v) is 4.91. The summed E-state index contributed by atoms with van der Waals surface area (Å²) in [5.74, 6) is 0.830. The number of rotatable bonds is 2. The molecule has 1 saturated heterocycles. The summed E-state index contributed by atoms with van der Waals surface area (Å²) in [4.78, 5) is 8.76. The van der Waals surface area contributed by atoms with E-state index in [2.05, 4.69) is 31.2 Å². The zero-order chi connectivity index (χ0) is 11.7. The van der Waals surface area contributed by atoms with Gasteiger partial charge in [-0.2, -0.15) is 0 Å². The predicted molar refractivity (Wildman–Crippen MR) is 68.2 cm³/mol. The Balaban J connectivity index is 1.90. The Labute approximate surface area is 107 Å². The third-order valence-corrected chi connectivity index (χ3v) is 3.29. The number of halogens is 1. The van der Waals surface area contributed by atoms with Gasteiger partial charge in [0, 0.05) is 37.8 Å². The fourth-order valence-electron chi connectivity index (χ4n) is 2.03. The standard InChI is InChI=1S/C11H13BrN4O/c12-9-7-16-4-3-13-11(16)10(15-9)14-8-1-5-17-6-2-8/h3-4,7-8H,1-2,5-6H2,(H,14,15). The van der Waals surface area contributed by atoms with Crippen LogP contribution in [-0.2, 0) is 4.74 Å². The Morgan fingerprint density at radius 1 is 1.41 bits per heavy atom. The largest absolute Gasteiger partial charge is 0.381 e. The number of nitrogens with zero attached hydrogens (tertiary/aromatic N) is 3. The molecule has 0 spiro atoms. The molecule has 3 heterocycles. The molecule has 0 aromatic carbocycles. The highest BCUT2D eigenvalue weighted by atomic mass is 79.9. The van der Waals surface area contributed by atoms with E-state index >= 15 is 0 Å². The molecule has 2 aromatic heterocycles. The van der Waals surface area contributed by atoms with Gasteiger partial charge in [0.1, 0.15) is 4.60 Å². The van der Waals surface area contributed by atoms with Crippen LogP contribution >= 0.6 is 15.9 Å². The summed E-state index contributed by atoms with van der Waals surface area (Å²) < 4.78 is 8.10. The molecule has 0 bridgehead atoms. The number of imidazole rings is 1. The van der Waals surface area contributed by atoms with Gasteiger partial charge in [-0.15, -0.1) is 0 Å². The number of hydrogen-bond acceptors (Lipinski definition) is 4. The van der Waals surface area contributed by atoms with Crippen molar-refractivity contribution in [2.75, 3.05) is 18.5 Å². The summed E-state index contributed by atoms with van der Waals surface area (Å²) in [6, 6.07) is 0.422.